The summed E-state index contributed by atoms with van der Waals surface area (Å²) in [6.45, 7) is 0.898. The molecule has 1 aromatic heterocycles. The normalized spacial score (nSPS) is 16.2. The molecule has 9 heteroatoms. The van der Waals surface area contributed by atoms with E-state index >= 15 is 0 Å². The van der Waals surface area contributed by atoms with Gasteiger partial charge in [-0.3, -0.25) is 0 Å². The van der Waals surface area contributed by atoms with Crippen LogP contribution >= 0.6 is 11.6 Å². The summed E-state index contributed by atoms with van der Waals surface area (Å²) in [4.78, 5) is 0.248. The molecule has 3 aromatic rings. The zero-order chi connectivity index (χ0) is 19.6. The predicted molar refractivity (Wildman–Crippen MR) is 105 cm³/mol. The van der Waals surface area contributed by atoms with Crippen LogP contribution in [0.5, 0.6) is 11.5 Å². The number of nitrogens with zero attached hydrogens (tertiary/aromatic N) is 4. The van der Waals surface area contributed by atoms with Crippen LogP contribution in [0, 0.1) is 0 Å². The summed E-state index contributed by atoms with van der Waals surface area (Å²) < 4.78 is 34.9. The third-order valence-electron chi connectivity index (χ3n) is 4.76. The van der Waals surface area contributed by atoms with Gasteiger partial charge < -0.3 is 4.74 Å². The van der Waals surface area contributed by atoms with Crippen molar-refractivity contribution >= 4 is 21.6 Å². The quantitative estimate of drug-likeness (QED) is 0.630. The number of hydrogen-bond donors (Lipinski definition) is 0. The van der Waals surface area contributed by atoms with Crippen LogP contribution in [0.25, 0.3) is 0 Å². The number of rotatable bonds is 5. The summed E-state index contributed by atoms with van der Waals surface area (Å²) in [5, 5.41) is 8.32. The van der Waals surface area contributed by atoms with Crippen molar-refractivity contribution in [3.8, 4) is 11.5 Å². The summed E-state index contributed by atoms with van der Waals surface area (Å²) in [7, 11) is -3.55. The van der Waals surface area contributed by atoms with Gasteiger partial charge in [0.05, 0.1) is 22.2 Å². The highest BCUT2D eigenvalue weighted by Gasteiger charge is 2.30. The third kappa shape index (κ3) is 3.89. The average molecular weight is 419 g/mol. The van der Waals surface area contributed by atoms with Crippen LogP contribution in [0.3, 0.4) is 0 Å². The van der Waals surface area contributed by atoms with Crippen LogP contribution in [0.15, 0.2) is 65.8 Å². The standard InChI is InChI=1S/C19H19ClN4O3S/c20-18-3-1-2-4-19(18)27-16-5-7-17(8-6-16)28(25,26)23-12-9-15(10-13-23)24-14-11-21-22-24/h1-8,11,14-15H,9-10,12-13H2. The van der Waals surface area contributed by atoms with E-state index in [9.17, 15) is 8.42 Å². The molecule has 0 atom stereocenters. The zero-order valence-corrected chi connectivity index (χ0v) is 16.6. The van der Waals surface area contributed by atoms with Crippen molar-refractivity contribution in [1.82, 2.24) is 19.3 Å². The van der Waals surface area contributed by atoms with E-state index in [1.54, 1.807) is 47.3 Å². The molecule has 0 radical (unpaired) electrons. The number of aromatic nitrogens is 3. The van der Waals surface area contributed by atoms with Crippen molar-refractivity contribution in [3.63, 3.8) is 0 Å². The summed E-state index contributed by atoms with van der Waals surface area (Å²) in [5.74, 6) is 1.05. The first-order valence-corrected chi connectivity index (χ1v) is 10.7. The molecule has 2 aromatic carbocycles. The molecule has 4 rings (SSSR count). The van der Waals surface area contributed by atoms with E-state index in [0.29, 0.717) is 42.5 Å². The molecule has 1 fully saturated rings. The molecule has 1 aliphatic rings. The van der Waals surface area contributed by atoms with Gasteiger partial charge in [-0.1, -0.05) is 28.9 Å². The topological polar surface area (TPSA) is 77.3 Å². The van der Waals surface area contributed by atoms with Crippen LogP contribution in [0.4, 0.5) is 0 Å². The fourth-order valence-electron chi connectivity index (χ4n) is 3.24. The van der Waals surface area contributed by atoms with Crippen molar-refractivity contribution in [2.24, 2.45) is 0 Å². The first-order valence-electron chi connectivity index (χ1n) is 8.92. The average Bonchev–Trinajstić information content (AvgIpc) is 3.25. The van der Waals surface area contributed by atoms with E-state index in [1.165, 1.54) is 4.31 Å². The molecule has 0 spiro atoms. The molecule has 1 aliphatic heterocycles. The summed E-state index contributed by atoms with van der Waals surface area (Å²) in [6.07, 6.45) is 4.86. The summed E-state index contributed by atoms with van der Waals surface area (Å²) >= 11 is 6.09. The highest BCUT2D eigenvalue weighted by Crippen LogP contribution is 2.31. The Kier molecular flexibility index (Phi) is 5.34. The Morgan fingerprint density at radius 2 is 1.75 bits per heavy atom. The van der Waals surface area contributed by atoms with Gasteiger partial charge in [0, 0.05) is 19.3 Å². The lowest BCUT2D eigenvalue weighted by molar-refractivity contribution is 0.258. The number of piperidine rings is 1. The second kappa shape index (κ2) is 7.90. The van der Waals surface area contributed by atoms with E-state index in [-0.39, 0.29) is 10.9 Å². The van der Waals surface area contributed by atoms with Gasteiger partial charge in [0.1, 0.15) is 11.5 Å². The van der Waals surface area contributed by atoms with Crippen LogP contribution in [0.1, 0.15) is 18.9 Å². The number of halogens is 1. The van der Waals surface area contributed by atoms with Gasteiger partial charge in [0.2, 0.25) is 10.0 Å². The van der Waals surface area contributed by atoms with E-state index in [0.717, 1.165) is 0 Å². The Labute approximate surface area is 168 Å². The van der Waals surface area contributed by atoms with Crippen LogP contribution < -0.4 is 4.74 Å². The zero-order valence-electron chi connectivity index (χ0n) is 15.0. The SMILES string of the molecule is O=S(=O)(c1ccc(Oc2ccccc2Cl)cc1)N1CCC(n2ccnn2)CC1. The van der Waals surface area contributed by atoms with Crippen LogP contribution in [0.2, 0.25) is 5.02 Å². The van der Waals surface area contributed by atoms with Gasteiger partial charge in [0.25, 0.3) is 0 Å². The van der Waals surface area contributed by atoms with Crippen LogP contribution in [-0.2, 0) is 10.0 Å². The smallest absolute Gasteiger partial charge is 0.243 e. The number of ether oxygens (including phenoxy) is 1. The number of benzene rings is 2. The first-order chi connectivity index (χ1) is 13.5. The Morgan fingerprint density at radius 3 is 2.39 bits per heavy atom. The minimum atomic E-state index is -3.55. The molecule has 0 saturated carbocycles. The lowest BCUT2D eigenvalue weighted by atomic mass is 10.1. The highest BCUT2D eigenvalue weighted by molar-refractivity contribution is 7.89. The van der Waals surface area contributed by atoms with Gasteiger partial charge in [0.15, 0.2) is 0 Å². The van der Waals surface area contributed by atoms with Crippen molar-refractivity contribution in [2.75, 3.05) is 13.1 Å². The molecule has 7 nitrogen and oxygen atoms in total. The Balaban J connectivity index is 1.44. The second-order valence-electron chi connectivity index (χ2n) is 6.52. The van der Waals surface area contributed by atoms with E-state index in [4.69, 9.17) is 16.3 Å². The van der Waals surface area contributed by atoms with Crippen molar-refractivity contribution in [1.29, 1.82) is 0 Å². The lowest BCUT2D eigenvalue weighted by Crippen LogP contribution is -2.39. The van der Waals surface area contributed by atoms with Crippen LogP contribution in [-0.4, -0.2) is 40.8 Å². The molecule has 0 aliphatic carbocycles. The second-order valence-corrected chi connectivity index (χ2v) is 8.87. The Bertz CT molecular complexity index is 1030. The lowest BCUT2D eigenvalue weighted by Gasteiger charge is -2.31. The fraction of sp³-hybridized carbons (Fsp3) is 0.263. The van der Waals surface area contributed by atoms with Crippen molar-refractivity contribution in [2.45, 2.75) is 23.8 Å². The molecular weight excluding hydrogens is 400 g/mol. The number of sulfonamides is 1. The maximum absolute atomic E-state index is 12.9. The maximum atomic E-state index is 12.9. The first kappa shape index (κ1) is 18.9. The largest absolute Gasteiger partial charge is 0.456 e. The Morgan fingerprint density at radius 1 is 1.04 bits per heavy atom. The molecular formula is C19H19ClN4O3S. The molecule has 0 N–H and O–H groups in total. The van der Waals surface area contributed by atoms with E-state index in [2.05, 4.69) is 10.3 Å². The van der Waals surface area contributed by atoms with E-state index < -0.39 is 10.0 Å². The minimum Gasteiger partial charge on any atom is -0.456 e. The number of hydrogen-bond acceptors (Lipinski definition) is 5. The summed E-state index contributed by atoms with van der Waals surface area (Å²) in [5.41, 5.74) is 0. The molecule has 2 heterocycles. The maximum Gasteiger partial charge on any atom is 0.243 e. The van der Waals surface area contributed by atoms with Gasteiger partial charge >= 0.3 is 0 Å². The fourth-order valence-corrected chi connectivity index (χ4v) is 4.89. The van der Waals surface area contributed by atoms with Gasteiger partial charge in [-0.05, 0) is 49.2 Å². The highest BCUT2D eigenvalue weighted by atomic mass is 35.5. The predicted octanol–water partition coefficient (Wildman–Crippen LogP) is 3.75. The molecule has 146 valence electrons. The van der Waals surface area contributed by atoms with Crippen molar-refractivity contribution < 1.29 is 13.2 Å². The molecule has 0 unspecified atom stereocenters. The monoisotopic (exact) mass is 418 g/mol. The number of para-hydroxylation sites is 1. The summed E-state index contributed by atoms with van der Waals surface area (Å²) in [6, 6.07) is 13.7. The molecule has 28 heavy (non-hydrogen) atoms. The van der Waals surface area contributed by atoms with E-state index in [1.807, 2.05) is 18.3 Å². The van der Waals surface area contributed by atoms with Gasteiger partial charge in [-0.2, -0.15) is 4.31 Å². The third-order valence-corrected chi connectivity index (χ3v) is 6.99. The molecule has 0 bridgehead atoms. The minimum absolute atomic E-state index is 0.181. The van der Waals surface area contributed by atoms with Crippen molar-refractivity contribution in [3.05, 3.63) is 65.9 Å². The molecule has 0 amide bonds. The Hall–Kier alpha value is -2.42. The van der Waals surface area contributed by atoms with Gasteiger partial charge in [-0.25, -0.2) is 13.1 Å². The molecule has 1 saturated heterocycles. The van der Waals surface area contributed by atoms with Gasteiger partial charge in [-0.15, -0.1) is 5.10 Å².